The largest absolute Gasteiger partial charge is 0.337 e. The molecule has 3 aromatic rings. The second kappa shape index (κ2) is 10.0. The Labute approximate surface area is 182 Å². The Hall–Kier alpha value is -2.22. The minimum Gasteiger partial charge on any atom is -0.337 e. The lowest BCUT2D eigenvalue weighted by atomic mass is 9.97. The van der Waals surface area contributed by atoms with Crippen LogP contribution in [0.15, 0.2) is 36.5 Å². The smallest absolute Gasteiger partial charge is 0.276 e. The fraction of sp³-hybridized carbons (Fsp3) is 0.400. The standard InChI is InChI=1S/C20H24N6O.2ClH/c1-14-19(20(27)25-11-5-6-15(13-25)12-21-2)23-24-26(14)18-9-3-8-17-16(18)7-4-10-22-17;;/h3-4,7-10,15,21H,5-6,11-13H2,1-2H3;2*1H. The van der Waals surface area contributed by atoms with Gasteiger partial charge in [-0.2, -0.15) is 0 Å². The van der Waals surface area contributed by atoms with Crippen LogP contribution >= 0.6 is 24.8 Å². The van der Waals surface area contributed by atoms with Crippen molar-refractivity contribution < 1.29 is 4.79 Å². The first-order chi connectivity index (χ1) is 13.2. The molecular weight excluding hydrogens is 411 g/mol. The van der Waals surface area contributed by atoms with Crippen LogP contribution < -0.4 is 5.32 Å². The summed E-state index contributed by atoms with van der Waals surface area (Å²) in [4.78, 5) is 19.4. The third-order valence-electron chi connectivity index (χ3n) is 5.25. The molecule has 4 rings (SSSR count). The summed E-state index contributed by atoms with van der Waals surface area (Å²) >= 11 is 0. The van der Waals surface area contributed by atoms with Crippen molar-refractivity contribution in [2.24, 2.45) is 5.92 Å². The number of nitrogens with one attached hydrogen (secondary N) is 1. The maximum absolute atomic E-state index is 13.1. The Bertz CT molecular complexity index is 969. The molecule has 1 saturated heterocycles. The van der Waals surface area contributed by atoms with Crippen LogP contribution in [0.5, 0.6) is 0 Å². The molecular formula is C20H26Cl2N6O. The zero-order valence-corrected chi connectivity index (χ0v) is 18.2. The van der Waals surface area contributed by atoms with E-state index in [9.17, 15) is 4.79 Å². The Balaban J connectivity index is 0.00000150. The van der Waals surface area contributed by atoms with Crippen LogP contribution in [-0.4, -0.2) is 57.5 Å². The van der Waals surface area contributed by atoms with Gasteiger partial charge in [0.2, 0.25) is 0 Å². The van der Waals surface area contributed by atoms with E-state index < -0.39 is 0 Å². The Morgan fingerprint density at radius 3 is 2.86 bits per heavy atom. The second-order valence-corrected chi connectivity index (χ2v) is 7.10. The average molecular weight is 437 g/mol. The quantitative estimate of drug-likeness (QED) is 0.679. The van der Waals surface area contributed by atoms with Gasteiger partial charge in [-0.15, -0.1) is 29.9 Å². The number of piperidine rings is 1. The predicted octanol–water partition coefficient (Wildman–Crippen LogP) is 3.04. The maximum Gasteiger partial charge on any atom is 0.276 e. The van der Waals surface area contributed by atoms with Gasteiger partial charge < -0.3 is 10.2 Å². The number of halogens is 2. The Morgan fingerprint density at radius 1 is 1.24 bits per heavy atom. The van der Waals surface area contributed by atoms with E-state index in [1.807, 2.05) is 49.2 Å². The molecule has 9 heteroatoms. The summed E-state index contributed by atoms with van der Waals surface area (Å²) in [5.41, 5.74) is 2.97. The third-order valence-corrected chi connectivity index (χ3v) is 5.25. The van der Waals surface area contributed by atoms with Crippen LogP contribution in [0.25, 0.3) is 16.6 Å². The zero-order valence-electron chi connectivity index (χ0n) is 16.5. The van der Waals surface area contributed by atoms with Gasteiger partial charge in [-0.3, -0.25) is 9.78 Å². The number of rotatable bonds is 4. The molecule has 2 aromatic heterocycles. The van der Waals surface area contributed by atoms with Crippen molar-refractivity contribution in [3.05, 3.63) is 47.9 Å². The van der Waals surface area contributed by atoms with Crippen LogP contribution in [0.2, 0.25) is 0 Å². The first-order valence-corrected chi connectivity index (χ1v) is 9.39. The van der Waals surface area contributed by atoms with Crippen molar-refractivity contribution in [2.45, 2.75) is 19.8 Å². The molecule has 1 aliphatic heterocycles. The number of fused-ring (bicyclic) bond motifs is 1. The minimum absolute atomic E-state index is 0. The average Bonchev–Trinajstić information content (AvgIpc) is 3.08. The van der Waals surface area contributed by atoms with E-state index >= 15 is 0 Å². The van der Waals surface area contributed by atoms with E-state index in [2.05, 4.69) is 20.6 Å². The summed E-state index contributed by atoms with van der Waals surface area (Å²) in [6.07, 6.45) is 3.95. The normalized spacial score (nSPS) is 16.2. The molecule has 0 spiro atoms. The minimum atomic E-state index is -0.0297. The second-order valence-electron chi connectivity index (χ2n) is 7.10. The van der Waals surface area contributed by atoms with E-state index in [-0.39, 0.29) is 30.7 Å². The van der Waals surface area contributed by atoms with Gasteiger partial charge in [0.15, 0.2) is 5.69 Å². The summed E-state index contributed by atoms with van der Waals surface area (Å²) in [5.74, 6) is 0.463. The van der Waals surface area contributed by atoms with E-state index in [0.29, 0.717) is 11.6 Å². The fourth-order valence-corrected chi connectivity index (χ4v) is 3.88. The monoisotopic (exact) mass is 436 g/mol. The SMILES string of the molecule is CNCC1CCCN(C(=O)c2nnn(-c3cccc4ncccc34)c2C)C1.Cl.Cl. The number of pyridine rings is 1. The van der Waals surface area contributed by atoms with Crippen LogP contribution in [0.3, 0.4) is 0 Å². The molecule has 1 unspecified atom stereocenters. The number of nitrogens with zero attached hydrogens (tertiary/aromatic N) is 5. The molecule has 156 valence electrons. The van der Waals surface area contributed by atoms with Gasteiger partial charge in [0.25, 0.3) is 5.91 Å². The fourth-order valence-electron chi connectivity index (χ4n) is 3.88. The summed E-state index contributed by atoms with van der Waals surface area (Å²) in [5, 5.41) is 12.7. The Morgan fingerprint density at radius 2 is 2.07 bits per heavy atom. The van der Waals surface area contributed by atoms with Gasteiger partial charge in [-0.25, -0.2) is 4.68 Å². The number of carbonyl (C=O) groups is 1. The van der Waals surface area contributed by atoms with Crippen LogP contribution in [-0.2, 0) is 0 Å². The highest BCUT2D eigenvalue weighted by Gasteiger charge is 2.28. The molecule has 0 saturated carbocycles. The highest BCUT2D eigenvalue weighted by atomic mass is 35.5. The molecule has 1 fully saturated rings. The van der Waals surface area contributed by atoms with Crippen molar-refractivity contribution in [3.8, 4) is 5.69 Å². The van der Waals surface area contributed by atoms with Crippen molar-refractivity contribution in [2.75, 3.05) is 26.7 Å². The predicted molar refractivity (Wildman–Crippen MR) is 118 cm³/mol. The molecule has 1 amide bonds. The Kier molecular flexibility index (Phi) is 7.96. The first-order valence-electron chi connectivity index (χ1n) is 9.39. The highest BCUT2D eigenvalue weighted by Crippen LogP contribution is 2.23. The first kappa shape index (κ1) is 23.1. The molecule has 7 nitrogen and oxygen atoms in total. The van der Waals surface area contributed by atoms with Gasteiger partial charge in [0.05, 0.1) is 16.9 Å². The number of hydrogen-bond acceptors (Lipinski definition) is 5. The van der Waals surface area contributed by atoms with E-state index in [0.717, 1.165) is 54.8 Å². The number of amides is 1. The van der Waals surface area contributed by atoms with Gasteiger partial charge in [-0.1, -0.05) is 11.3 Å². The van der Waals surface area contributed by atoms with Gasteiger partial charge >= 0.3 is 0 Å². The van der Waals surface area contributed by atoms with Crippen LogP contribution in [0.1, 0.15) is 29.0 Å². The highest BCUT2D eigenvalue weighted by molar-refractivity contribution is 5.94. The van der Waals surface area contributed by atoms with Crippen molar-refractivity contribution in [3.63, 3.8) is 0 Å². The maximum atomic E-state index is 13.1. The van der Waals surface area contributed by atoms with Crippen molar-refractivity contribution in [1.29, 1.82) is 0 Å². The lowest BCUT2D eigenvalue weighted by Crippen LogP contribution is -2.42. The molecule has 0 aliphatic carbocycles. The molecule has 1 aliphatic rings. The molecule has 0 bridgehead atoms. The summed E-state index contributed by atoms with van der Waals surface area (Å²) < 4.78 is 1.74. The topological polar surface area (TPSA) is 75.9 Å². The van der Waals surface area contributed by atoms with E-state index in [4.69, 9.17) is 0 Å². The molecule has 1 N–H and O–H groups in total. The lowest BCUT2D eigenvalue weighted by Gasteiger charge is -2.32. The van der Waals surface area contributed by atoms with Gasteiger partial charge in [-0.05, 0) is 63.5 Å². The van der Waals surface area contributed by atoms with Gasteiger partial charge in [0.1, 0.15) is 0 Å². The lowest BCUT2D eigenvalue weighted by molar-refractivity contribution is 0.0667. The zero-order chi connectivity index (χ0) is 18.8. The summed E-state index contributed by atoms with van der Waals surface area (Å²) in [6.45, 7) is 4.38. The molecule has 1 atom stereocenters. The van der Waals surface area contributed by atoms with Crippen molar-refractivity contribution in [1.82, 2.24) is 30.2 Å². The van der Waals surface area contributed by atoms with Crippen LogP contribution in [0, 0.1) is 12.8 Å². The van der Waals surface area contributed by atoms with Crippen molar-refractivity contribution >= 4 is 41.6 Å². The molecule has 0 radical (unpaired) electrons. The summed E-state index contributed by atoms with van der Waals surface area (Å²) in [7, 11) is 1.95. The molecule has 3 heterocycles. The number of aromatic nitrogens is 4. The number of hydrogen-bond donors (Lipinski definition) is 1. The number of carbonyl (C=O) groups excluding carboxylic acids is 1. The third kappa shape index (κ3) is 4.52. The number of likely N-dealkylation sites (tertiary alicyclic amines) is 1. The van der Waals surface area contributed by atoms with E-state index in [1.54, 1.807) is 10.9 Å². The number of benzene rings is 1. The van der Waals surface area contributed by atoms with E-state index in [1.165, 1.54) is 0 Å². The summed E-state index contributed by atoms with van der Waals surface area (Å²) in [6, 6.07) is 9.80. The van der Waals surface area contributed by atoms with Gasteiger partial charge in [0, 0.05) is 24.7 Å². The van der Waals surface area contributed by atoms with Crippen LogP contribution in [0.4, 0.5) is 0 Å². The molecule has 29 heavy (non-hydrogen) atoms. The molecule has 1 aromatic carbocycles.